The zero-order valence-electron chi connectivity index (χ0n) is 15.2. The van der Waals surface area contributed by atoms with E-state index in [9.17, 15) is 18.0 Å². The molecule has 6 nitrogen and oxygen atoms in total. The Morgan fingerprint density at radius 2 is 1.68 bits per heavy atom. The van der Waals surface area contributed by atoms with Crippen molar-refractivity contribution in [2.24, 2.45) is 0 Å². The number of amides is 1. The molecule has 1 aliphatic rings. The van der Waals surface area contributed by atoms with E-state index < -0.39 is 34.4 Å². The number of hydrogen-bond acceptors (Lipinski definition) is 5. The molecule has 1 atom stereocenters. The van der Waals surface area contributed by atoms with E-state index in [0.29, 0.717) is 12.1 Å². The van der Waals surface area contributed by atoms with Gasteiger partial charge in [0, 0.05) is 11.8 Å². The van der Waals surface area contributed by atoms with E-state index in [1.165, 1.54) is 11.0 Å². The summed E-state index contributed by atoms with van der Waals surface area (Å²) in [5, 5.41) is 0. The Labute approximate surface area is 164 Å². The molecule has 0 saturated carbocycles. The van der Waals surface area contributed by atoms with Crippen LogP contribution in [0.4, 0.5) is 5.69 Å². The number of para-hydroxylation sites is 1. The Hall–Kier alpha value is -2.93. The quantitative estimate of drug-likeness (QED) is 0.551. The van der Waals surface area contributed by atoms with Gasteiger partial charge in [-0.25, -0.2) is 13.2 Å². The third kappa shape index (κ3) is 5.29. The second kappa shape index (κ2) is 8.84. The number of rotatable bonds is 6. The Morgan fingerprint density at radius 1 is 1.04 bits per heavy atom. The molecule has 28 heavy (non-hydrogen) atoms. The van der Waals surface area contributed by atoms with Gasteiger partial charge in [0.2, 0.25) is 0 Å². The van der Waals surface area contributed by atoms with Crippen molar-refractivity contribution < 1.29 is 22.7 Å². The molecule has 0 aliphatic carbocycles. The van der Waals surface area contributed by atoms with E-state index in [2.05, 4.69) is 0 Å². The number of carbonyl (C=O) groups is 2. The summed E-state index contributed by atoms with van der Waals surface area (Å²) >= 11 is 0. The molecule has 0 radical (unpaired) electrons. The van der Waals surface area contributed by atoms with Crippen molar-refractivity contribution >= 4 is 33.5 Å². The van der Waals surface area contributed by atoms with E-state index >= 15 is 0 Å². The van der Waals surface area contributed by atoms with Crippen LogP contribution in [0.2, 0.25) is 0 Å². The second-order valence-corrected chi connectivity index (χ2v) is 8.74. The lowest BCUT2D eigenvalue weighted by molar-refractivity contribution is -0.143. The normalized spacial score (nSPS) is 18.1. The van der Waals surface area contributed by atoms with Crippen LogP contribution in [0.15, 0.2) is 66.7 Å². The van der Waals surface area contributed by atoms with Crippen LogP contribution in [0.1, 0.15) is 12.0 Å². The molecule has 0 N–H and O–H groups in total. The van der Waals surface area contributed by atoms with Crippen LogP contribution in [0.25, 0.3) is 6.08 Å². The Balaban J connectivity index is 1.66. The summed E-state index contributed by atoms with van der Waals surface area (Å²) in [6.45, 7) is -0.455. The van der Waals surface area contributed by atoms with Gasteiger partial charge in [0.1, 0.15) is 0 Å². The summed E-state index contributed by atoms with van der Waals surface area (Å²) in [4.78, 5) is 26.1. The predicted octanol–water partition coefficient (Wildman–Crippen LogP) is 2.46. The second-order valence-electron chi connectivity index (χ2n) is 6.51. The van der Waals surface area contributed by atoms with Gasteiger partial charge in [0.25, 0.3) is 5.91 Å². The number of nitrogens with zero attached hydrogens (tertiary/aromatic N) is 1. The van der Waals surface area contributed by atoms with E-state index in [1.807, 2.05) is 36.4 Å². The highest BCUT2D eigenvalue weighted by atomic mass is 32.2. The van der Waals surface area contributed by atoms with Crippen molar-refractivity contribution in [3.05, 3.63) is 72.3 Å². The first kappa shape index (κ1) is 19.8. The topological polar surface area (TPSA) is 80.8 Å². The molecule has 1 aliphatic heterocycles. The molecule has 7 heteroatoms. The molecule has 1 amide bonds. The predicted molar refractivity (Wildman–Crippen MR) is 107 cm³/mol. The maximum Gasteiger partial charge on any atom is 0.331 e. The highest BCUT2D eigenvalue weighted by Crippen LogP contribution is 2.24. The van der Waals surface area contributed by atoms with E-state index in [4.69, 9.17) is 4.74 Å². The summed E-state index contributed by atoms with van der Waals surface area (Å²) < 4.78 is 28.8. The molecule has 2 aromatic rings. The number of ether oxygens (including phenoxy) is 1. The van der Waals surface area contributed by atoms with Crippen LogP contribution >= 0.6 is 0 Å². The lowest BCUT2D eigenvalue weighted by Gasteiger charge is -2.28. The van der Waals surface area contributed by atoms with Crippen molar-refractivity contribution in [3.8, 4) is 0 Å². The fraction of sp³-hybridized carbons (Fsp3) is 0.238. The first-order valence-electron chi connectivity index (χ1n) is 8.92. The van der Waals surface area contributed by atoms with E-state index in [1.54, 1.807) is 30.3 Å². The molecule has 1 saturated heterocycles. The average Bonchev–Trinajstić information content (AvgIpc) is 3.06. The third-order valence-electron chi connectivity index (χ3n) is 4.43. The lowest BCUT2D eigenvalue weighted by Crippen LogP contribution is -2.43. The first-order chi connectivity index (χ1) is 13.4. The summed E-state index contributed by atoms with van der Waals surface area (Å²) in [7, 11) is -3.17. The maximum atomic E-state index is 12.8. The minimum absolute atomic E-state index is 0.0495. The molecule has 1 heterocycles. The van der Waals surface area contributed by atoms with Crippen LogP contribution in [0.3, 0.4) is 0 Å². The van der Waals surface area contributed by atoms with Crippen LogP contribution < -0.4 is 4.90 Å². The highest BCUT2D eigenvalue weighted by molar-refractivity contribution is 7.91. The van der Waals surface area contributed by atoms with Crippen molar-refractivity contribution in [2.75, 3.05) is 23.0 Å². The number of sulfone groups is 1. The molecular weight excluding hydrogens is 378 g/mol. The van der Waals surface area contributed by atoms with Gasteiger partial charge < -0.3 is 9.64 Å². The van der Waals surface area contributed by atoms with Gasteiger partial charge >= 0.3 is 5.97 Å². The van der Waals surface area contributed by atoms with Gasteiger partial charge in [-0.3, -0.25) is 4.79 Å². The van der Waals surface area contributed by atoms with E-state index in [0.717, 1.165) is 5.56 Å². The van der Waals surface area contributed by atoms with E-state index in [-0.39, 0.29) is 11.5 Å². The summed E-state index contributed by atoms with van der Waals surface area (Å²) in [6.07, 6.45) is 3.23. The largest absolute Gasteiger partial charge is 0.452 e. The fourth-order valence-corrected chi connectivity index (χ4v) is 4.80. The molecule has 0 bridgehead atoms. The Bertz CT molecular complexity index is 955. The summed E-state index contributed by atoms with van der Waals surface area (Å²) in [6, 6.07) is 17.6. The SMILES string of the molecule is O=C(/C=C/c1ccccc1)OCC(=O)N(c1ccccc1)[C@H]1CCS(=O)(=O)C1. The number of carbonyl (C=O) groups excluding carboxylic acids is 2. The molecule has 0 unspecified atom stereocenters. The standard InChI is InChI=1S/C21H21NO5S/c23-20(15-27-21(24)12-11-17-7-3-1-4-8-17)22(18-9-5-2-6-10-18)19-13-14-28(25,26)16-19/h1-12,19H,13-16H2/b12-11+/t19-/m0/s1. The summed E-state index contributed by atoms with van der Waals surface area (Å²) in [5.74, 6) is -1.12. The number of anilines is 1. The van der Waals surface area contributed by atoms with Crippen molar-refractivity contribution in [2.45, 2.75) is 12.5 Å². The third-order valence-corrected chi connectivity index (χ3v) is 6.18. The zero-order chi connectivity index (χ0) is 20.0. The molecule has 2 aromatic carbocycles. The highest BCUT2D eigenvalue weighted by Gasteiger charge is 2.35. The molecule has 146 valence electrons. The van der Waals surface area contributed by atoms with Gasteiger partial charge in [0.05, 0.1) is 17.5 Å². The van der Waals surface area contributed by atoms with Crippen molar-refractivity contribution in [1.29, 1.82) is 0 Å². The first-order valence-corrected chi connectivity index (χ1v) is 10.7. The number of esters is 1. The monoisotopic (exact) mass is 399 g/mol. The smallest absolute Gasteiger partial charge is 0.331 e. The Morgan fingerprint density at radius 3 is 2.29 bits per heavy atom. The lowest BCUT2D eigenvalue weighted by atomic mass is 10.2. The zero-order valence-corrected chi connectivity index (χ0v) is 16.0. The maximum absolute atomic E-state index is 12.8. The fourth-order valence-electron chi connectivity index (χ4n) is 3.10. The number of hydrogen-bond donors (Lipinski definition) is 0. The minimum atomic E-state index is -3.17. The summed E-state index contributed by atoms with van der Waals surface area (Å²) in [5.41, 5.74) is 1.43. The van der Waals surface area contributed by atoms with Crippen molar-refractivity contribution in [3.63, 3.8) is 0 Å². The number of benzene rings is 2. The van der Waals surface area contributed by atoms with Gasteiger partial charge in [-0.2, -0.15) is 0 Å². The van der Waals surface area contributed by atoms with Gasteiger partial charge in [-0.15, -0.1) is 0 Å². The molecular formula is C21H21NO5S. The molecule has 1 fully saturated rings. The van der Waals surface area contributed by atoms with Crippen LogP contribution in [-0.4, -0.2) is 44.4 Å². The van der Waals surface area contributed by atoms with Gasteiger partial charge in [-0.1, -0.05) is 48.5 Å². The van der Waals surface area contributed by atoms with Gasteiger partial charge in [-0.05, 0) is 30.2 Å². The Kier molecular flexibility index (Phi) is 6.26. The molecule has 0 spiro atoms. The molecule has 0 aromatic heterocycles. The van der Waals surface area contributed by atoms with Crippen LogP contribution in [-0.2, 0) is 24.2 Å². The van der Waals surface area contributed by atoms with Gasteiger partial charge in [0.15, 0.2) is 16.4 Å². The van der Waals surface area contributed by atoms with Crippen LogP contribution in [0, 0.1) is 0 Å². The van der Waals surface area contributed by atoms with Crippen LogP contribution in [0.5, 0.6) is 0 Å². The average molecular weight is 399 g/mol. The minimum Gasteiger partial charge on any atom is -0.452 e. The molecule has 3 rings (SSSR count). The van der Waals surface area contributed by atoms with Crippen molar-refractivity contribution in [1.82, 2.24) is 0 Å².